The normalized spacial score (nSPS) is 24.9. The van der Waals surface area contributed by atoms with Crippen LogP contribution < -0.4 is 5.73 Å². The Bertz CT molecular complexity index is 342. The van der Waals surface area contributed by atoms with Crippen LogP contribution in [0.1, 0.15) is 39.4 Å². The molecule has 1 aromatic heterocycles. The van der Waals surface area contributed by atoms with Crippen molar-refractivity contribution in [1.82, 2.24) is 9.97 Å². The predicted octanol–water partition coefficient (Wildman–Crippen LogP) is 2.16. The first-order chi connectivity index (χ1) is 6.89. The zero-order chi connectivity index (χ0) is 11.3. The van der Waals surface area contributed by atoms with Gasteiger partial charge in [0.2, 0.25) is 0 Å². The van der Waals surface area contributed by atoms with Crippen molar-refractivity contribution >= 4 is 0 Å². The van der Waals surface area contributed by atoms with Crippen LogP contribution in [0.4, 0.5) is 0 Å². The standard InChI is InChI=1S/C12H19N3/c1-11(2)10(12(11,3)4)9(13)8-7-14-5-6-15-8/h5-7,9-10H,13H2,1-4H3. The molecular weight excluding hydrogens is 186 g/mol. The summed E-state index contributed by atoms with van der Waals surface area (Å²) < 4.78 is 0. The summed E-state index contributed by atoms with van der Waals surface area (Å²) in [4.78, 5) is 8.35. The van der Waals surface area contributed by atoms with Crippen LogP contribution in [-0.4, -0.2) is 9.97 Å². The van der Waals surface area contributed by atoms with E-state index in [2.05, 4.69) is 37.7 Å². The summed E-state index contributed by atoms with van der Waals surface area (Å²) in [5, 5.41) is 0. The minimum Gasteiger partial charge on any atom is -0.322 e. The van der Waals surface area contributed by atoms with E-state index in [-0.39, 0.29) is 6.04 Å². The Kier molecular flexibility index (Phi) is 2.12. The molecule has 1 heterocycles. The molecule has 1 aliphatic carbocycles. The van der Waals surface area contributed by atoms with Crippen molar-refractivity contribution in [3.05, 3.63) is 24.3 Å². The highest BCUT2D eigenvalue weighted by molar-refractivity contribution is 5.20. The van der Waals surface area contributed by atoms with E-state index in [1.54, 1.807) is 18.6 Å². The molecule has 2 rings (SSSR count). The highest BCUT2D eigenvalue weighted by atomic mass is 14.9. The summed E-state index contributed by atoms with van der Waals surface area (Å²) in [6.45, 7) is 9.09. The van der Waals surface area contributed by atoms with Crippen molar-refractivity contribution in [2.45, 2.75) is 33.7 Å². The van der Waals surface area contributed by atoms with Gasteiger partial charge >= 0.3 is 0 Å². The molecule has 0 aromatic carbocycles. The van der Waals surface area contributed by atoms with Crippen LogP contribution in [0.3, 0.4) is 0 Å². The molecule has 3 heteroatoms. The highest BCUT2D eigenvalue weighted by Gasteiger charge is 2.66. The van der Waals surface area contributed by atoms with E-state index in [9.17, 15) is 0 Å². The van der Waals surface area contributed by atoms with Crippen molar-refractivity contribution < 1.29 is 0 Å². The van der Waals surface area contributed by atoms with Crippen molar-refractivity contribution in [1.29, 1.82) is 0 Å². The monoisotopic (exact) mass is 205 g/mol. The number of rotatable bonds is 2. The molecule has 15 heavy (non-hydrogen) atoms. The first-order valence-corrected chi connectivity index (χ1v) is 5.40. The number of nitrogens with zero attached hydrogens (tertiary/aromatic N) is 2. The second-order valence-electron chi connectivity index (χ2n) is 5.58. The third-order valence-electron chi connectivity index (χ3n) is 4.42. The average molecular weight is 205 g/mol. The van der Waals surface area contributed by atoms with Crippen LogP contribution >= 0.6 is 0 Å². The second kappa shape index (κ2) is 3.01. The lowest BCUT2D eigenvalue weighted by molar-refractivity contribution is 0.457. The van der Waals surface area contributed by atoms with Gasteiger partial charge in [-0.25, -0.2) is 0 Å². The third kappa shape index (κ3) is 1.37. The molecule has 3 nitrogen and oxygen atoms in total. The van der Waals surface area contributed by atoms with E-state index in [0.29, 0.717) is 16.7 Å². The molecule has 0 spiro atoms. The van der Waals surface area contributed by atoms with E-state index in [1.807, 2.05) is 0 Å². The van der Waals surface area contributed by atoms with E-state index in [1.165, 1.54) is 0 Å². The van der Waals surface area contributed by atoms with Crippen molar-refractivity contribution in [3.63, 3.8) is 0 Å². The van der Waals surface area contributed by atoms with E-state index < -0.39 is 0 Å². The van der Waals surface area contributed by atoms with Gasteiger partial charge in [-0.1, -0.05) is 27.7 Å². The van der Waals surface area contributed by atoms with Gasteiger partial charge in [0.25, 0.3) is 0 Å². The van der Waals surface area contributed by atoms with Gasteiger partial charge in [0.15, 0.2) is 0 Å². The Morgan fingerprint density at radius 2 is 1.80 bits per heavy atom. The fourth-order valence-corrected chi connectivity index (χ4v) is 2.80. The van der Waals surface area contributed by atoms with E-state index >= 15 is 0 Å². The zero-order valence-corrected chi connectivity index (χ0v) is 9.86. The minimum atomic E-state index is 0.00343. The quantitative estimate of drug-likeness (QED) is 0.805. The topological polar surface area (TPSA) is 51.8 Å². The fourth-order valence-electron chi connectivity index (χ4n) is 2.80. The molecule has 1 aromatic rings. The predicted molar refractivity (Wildman–Crippen MR) is 60.0 cm³/mol. The fraction of sp³-hybridized carbons (Fsp3) is 0.667. The maximum absolute atomic E-state index is 6.25. The van der Waals surface area contributed by atoms with Gasteiger partial charge in [0, 0.05) is 18.6 Å². The van der Waals surface area contributed by atoms with Gasteiger partial charge in [0.1, 0.15) is 0 Å². The van der Waals surface area contributed by atoms with Crippen molar-refractivity contribution in [2.24, 2.45) is 22.5 Å². The third-order valence-corrected chi connectivity index (χ3v) is 4.42. The molecule has 0 amide bonds. The zero-order valence-electron chi connectivity index (χ0n) is 9.86. The number of aromatic nitrogens is 2. The Morgan fingerprint density at radius 1 is 1.20 bits per heavy atom. The molecular formula is C12H19N3. The number of nitrogens with two attached hydrogens (primary N) is 1. The van der Waals surface area contributed by atoms with Crippen LogP contribution in [0.2, 0.25) is 0 Å². The van der Waals surface area contributed by atoms with E-state index in [0.717, 1.165) is 5.69 Å². The molecule has 1 saturated carbocycles. The van der Waals surface area contributed by atoms with Crippen LogP contribution in [0.5, 0.6) is 0 Å². The van der Waals surface area contributed by atoms with Gasteiger partial charge in [0.05, 0.1) is 11.7 Å². The molecule has 0 bridgehead atoms. The Balaban J connectivity index is 2.22. The maximum Gasteiger partial charge on any atom is 0.0757 e. The molecule has 1 fully saturated rings. The maximum atomic E-state index is 6.25. The lowest BCUT2D eigenvalue weighted by atomic mass is 10.0. The summed E-state index contributed by atoms with van der Waals surface area (Å²) in [5.74, 6) is 0.488. The summed E-state index contributed by atoms with van der Waals surface area (Å²) in [6.07, 6.45) is 5.16. The van der Waals surface area contributed by atoms with Gasteiger partial charge in [-0.3, -0.25) is 9.97 Å². The van der Waals surface area contributed by atoms with E-state index in [4.69, 9.17) is 5.73 Å². The smallest absolute Gasteiger partial charge is 0.0757 e. The second-order valence-corrected chi connectivity index (χ2v) is 5.58. The SMILES string of the molecule is CC1(C)C(C(N)c2cnccn2)C1(C)C. The average Bonchev–Trinajstić information content (AvgIpc) is 2.58. The molecule has 1 aliphatic rings. The number of hydrogen-bond donors (Lipinski definition) is 1. The largest absolute Gasteiger partial charge is 0.322 e. The summed E-state index contributed by atoms with van der Waals surface area (Å²) in [6, 6.07) is 0.00343. The van der Waals surface area contributed by atoms with Crippen LogP contribution in [0.25, 0.3) is 0 Å². The van der Waals surface area contributed by atoms with Crippen LogP contribution in [0, 0.1) is 16.7 Å². The Morgan fingerprint density at radius 3 is 2.20 bits per heavy atom. The Hall–Kier alpha value is -0.960. The van der Waals surface area contributed by atoms with Crippen LogP contribution in [-0.2, 0) is 0 Å². The molecule has 1 unspecified atom stereocenters. The van der Waals surface area contributed by atoms with Crippen molar-refractivity contribution in [3.8, 4) is 0 Å². The summed E-state index contributed by atoms with van der Waals surface area (Å²) >= 11 is 0. The molecule has 82 valence electrons. The van der Waals surface area contributed by atoms with Gasteiger partial charge in [-0.2, -0.15) is 0 Å². The van der Waals surface area contributed by atoms with Crippen LogP contribution in [0.15, 0.2) is 18.6 Å². The van der Waals surface area contributed by atoms with Gasteiger partial charge in [-0.05, 0) is 16.7 Å². The molecule has 0 saturated heterocycles. The van der Waals surface area contributed by atoms with Gasteiger partial charge < -0.3 is 5.73 Å². The lowest BCUT2D eigenvalue weighted by Gasteiger charge is -2.12. The van der Waals surface area contributed by atoms with Crippen molar-refractivity contribution in [2.75, 3.05) is 0 Å². The first-order valence-electron chi connectivity index (χ1n) is 5.40. The molecule has 0 aliphatic heterocycles. The molecule has 1 atom stereocenters. The molecule has 0 radical (unpaired) electrons. The summed E-state index contributed by atoms with van der Waals surface area (Å²) in [5.41, 5.74) is 7.74. The Labute approximate surface area is 91.1 Å². The lowest BCUT2D eigenvalue weighted by Crippen LogP contribution is -2.18. The van der Waals surface area contributed by atoms with Gasteiger partial charge in [-0.15, -0.1) is 0 Å². The number of hydrogen-bond acceptors (Lipinski definition) is 3. The highest BCUT2D eigenvalue weighted by Crippen LogP contribution is 2.71. The minimum absolute atomic E-state index is 0.00343. The summed E-state index contributed by atoms with van der Waals surface area (Å²) in [7, 11) is 0. The molecule has 2 N–H and O–H groups in total. The first kappa shape index (κ1) is 10.6.